The molecule has 9 nitrogen and oxygen atoms in total. The molecule has 4 N–H and O–H groups in total. The summed E-state index contributed by atoms with van der Waals surface area (Å²) in [7, 11) is -5.12. The van der Waals surface area contributed by atoms with Crippen molar-refractivity contribution in [1.29, 1.82) is 0 Å². The lowest BCUT2D eigenvalue weighted by molar-refractivity contribution is 0.0973. The number of carbonyl (C=O) groups is 2. The molecule has 10 heteroatoms. The maximum absolute atomic E-state index is 12.6. The van der Waals surface area contributed by atoms with Gasteiger partial charge in [0.05, 0.1) is 11.1 Å². The molecule has 3 rings (SSSR count). The van der Waals surface area contributed by atoms with Gasteiger partial charge in [0.15, 0.2) is 17.3 Å². The van der Waals surface area contributed by atoms with Gasteiger partial charge in [0.2, 0.25) is 11.5 Å². The third kappa shape index (κ3) is 2.57. The zero-order valence-corrected chi connectivity index (χ0v) is 13.3. The quantitative estimate of drug-likeness (QED) is 0.487. The van der Waals surface area contributed by atoms with Crippen LogP contribution in [0.25, 0.3) is 0 Å². The number of ketones is 2. The van der Waals surface area contributed by atoms with Gasteiger partial charge in [0.25, 0.3) is 0 Å². The first-order valence-corrected chi connectivity index (χ1v) is 8.06. The molecule has 0 saturated heterocycles. The van der Waals surface area contributed by atoms with E-state index in [4.69, 9.17) is 4.55 Å². The van der Waals surface area contributed by atoms with E-state index in [9.17, 15) is 33.3 Å². The van der Waals surface area contributed by atoms with Crippen molar-refractivity contribution in [2.24, 2.45) is 0 Å². The summed E-state index contributed by atoms with van der Waals surface area (Å²) in [6.07, 6.45) is 0. The molecule has 0 heterocycles. The molecule has 2 aromatic carbocycles. The molecular formula is C15H10O9S. The number of phenolic OH excluding ortho intramolecular Hbond substituents is 3. The zero-order valence-electron chi connectivity index (χ0n) is 12.5. The molecule has 0 saturated carbocycles. The molecule has 2 aromatic rings. The zero-order chi connectivity index (χ0) is 18.7. The monoisotopic (exact) mass is 366 g/mol. The lowest BCUT2D eigenvalue weighted by Gasteiger charge is -2.21. The molecule has 0 aromatic heterocycles. The summed E-state index contributed by atoms with van der Waals surface area (Å²) in [5.41, 5.74) is -1.06. The fourth-order valence-corrected chi connectivity index (χ4v) is 3.06. The van der Waals surface area contributed by atoms with Gasteiger partial charge in [-0.25, -0.2) is 0 Å². The molecule has 0 radical (unpaired) electrons. The van der Waals surface area contributed by atoms with Gasteiger partial charge in [0.1, 0.15) is 5.75 Å². The maximum Gasteiger partial charge on any atom is 0.446 e. The number of fused-ring (bicyclic) bond motifs is 2. The Balaban J connectivity index is 2.33. The minimum atomic E-state index is -5.12. The number of benzene rings is 2. The summed E-state index contributed by atoms with van der Waals surface area (Å²) >= 11 is 0. The largest absolute Gasteiger partial charge is 0.507 e. The topological polar surface area (TPSA) is 158 Å². The van der Waals surface area contributed by atoms with Gasteiger partial charge in [-0.3, -0.25) is 14.1 Å². The van der Waals surface area contributed by atoms with Gasteiger partial charge in [-0.2, -0.15) is 8.42 Å². The van der Waals surface area contributed by atoms with Crippen LogP contribution in [-0.4, -0.2) is 39.9 Å². The highest BCUT2D eigenvalue weighted by atomic mass is 32.3. The summed E-state index contributed by atoms with van der Waals surface area (Å²) in [5, 5.41) is 29.9. The van der Waals surface area contributed by atoms with Crippen LogP contribution in [0.3, 0.4) is 0 Å². The van der Waals surface area contributed by atoms with Crippen LogP contribution < -0.4 is 4.18 Å². The van der Waals surface area contributed by atoms with Crippen LogP contribution in [0.4, 0.5) is 0 Å². The second kappa shape index (κ2) is 5.19. The number of hydrogen-bond acceptors (Lipinski definition) is 8. The summed E-state index contributed by atoms with van der Waals surface area (Å²) in [4.78, 5) is 25.2. The summed E-state index contributed by atoms with van der Waals surface area (Å²) in [6.45, 7) is 1.59. The van der Waals surface area contributed by atoms with E-state index < -0.39 is 56.1 Å². The highest BCUT2D eigenvalue weighted by molar-refractivity contribution is 7.81. The van der Waals surface area contributed by atoms with E-state index in [1.54, 1.807) is 6.92 Å². The van der Waals surface area contributed by atoms with E-state index in [0.717, 1.165) is 6.07 Å². The lowest BCUT2D eigenvalue weighted by Crippen LogP contribution is -2.22. The Hall–Kier alpha value is -3.11. The highest BCUT2D eigenvalue weighted by Gasteiger charge is 2.37. The fourth-order valence-electron chi connectivity index (χ4n) is 2.69. The number of phenols is 3. The molecule has 0 spiro atoms. The minimum absolute atomic E-state index is 0.128. The van der Waals surface area contributed by atoms with Crippen molar-refractivity contribution in [2.75, 3.05) is 0 Å². The van der Waals surface area contributed by atoms with Gasteiger partial charge in [0, 0.05) is 11.1 Å². The SMILES string of the molecule is Cc1cc(O)c2c(c1)C(=O)c1cc(O)c(OS(=O)(=O)O)c(O)c1C2=O. The van der Waals surface area contributed by atoms with Crippen molar-refractivity contribution in [2.45, 2.75) is 6.92 Å². The van der Waals surface area contributed by atoms with Crippen molar-refractivity contribution in [3.05, 3.63) is 46.0 Å². The molecule has 0 atom stereocenters. The van der Waals surface area contributed by atoms with Crippen molar-refractivity contribution in [3.8, 4) is 23.0 Å². The first-order valence-electron chi connectivity index (χ1n) is 6.70. The Labute approximate surface area is 140 Å². The van der Waals surface area contributed by atoms with E-state index in [1.807, 2.05) is 0 Å². The number of aromatic hydroxyl groups is 3. The lowest BCUT2D eigenvalue weighted by atomic mass is 9.82. The van der Waals surface area contributed by atoms with Crippen LogP contribution in [-0.2, 0) is 10.4 Å². The normalized spacial score (nSPS) is 13.4. The van der Waals surface area contributed by atoms with Gasteiger partial charge in [-0.15, -0.1) is 0 Å². The van der Waals surface area contributed by atoms with Crippen molar-refractivity contribution in [1.82, 2.24) is 0 Å². The van der Waals surface area contributed by atoms with Crippen molar-refractivity contribution in [3.63, 3.8) is 0 Å². The molecule has 1 aliphatic carbocycles. The Morgan fingerprint density at radius 1 is 0.880 bits per heavy atom. The molecule has 0 bridgehead atoms. The molecule has 25 heavy (non-hydrogen) atoms. The second-order valence-electron chi connectivity index (χ2n) is 5.37. The van der Waals surface area contributed by atoms with Crippen LogP contribution in [0.1, 0.15) is 37.4 Å². The number of rotatable bonds is 2. The molecule has 130 valence electrons. The number of hydrogen-bond donors (Lipinski definition) is 4. The summed E-state index contributed by atoms with van der Waals surface area (Å²) in [5.74, 6) is -5.49. The van der Waals surface area contributed by atoms with Crippen LogP contribution >= 0.6 is 0 Å². The van der Waals surface area contributed by atoms with Gasteiger partial charge < -0.3 is 19.5 Å². The predicted octanol–water partition coefficient (Wildman–Crippen LogP) is 1.07. The Kier molecular flexibility index (Phi) is 3.48. The second-order valence-corrected chi connectivity index (χ2v) is 6.39. The average molecular weight is 366 g/mol. The van der Waals surface area contributed by atoms with Crippen molar-refractivity contribution >= 4 is 22.0 Å². The van der Waals surface area contributed by atoms with Crippen molar-refractivity contribution < 1.29 is 42.1 Å². The van der Waals surface area contributed by atoms with Crippen LogP contribution in [0.15, 0.2) is 18.2 Å². The molecule has 0 unspecified atom stereocenters. The fraction of sp³-hybridized carbons (Fsp3) is 0.0667. The van der Waals surface area contributed by atoms with Crippen LogP contribution in [0, 0.1) is 6.92 Å². The first kappa shape index (κ1) is 16.7. The molecule has 0 amide bonds. The molecule has 1 aliphatic rings. The number of aryl methyl sites for hydroxylation is 1. The standard InChI is InChI=1S/C15H10O9S/c1-5-2-6-10(8(16)3-5)13(19)11-7(12(6)18)4-9(17)15(14(11)20)24-25(21,22)23/h2-4,16-17,20H,1H3,(H,21,22,23). The Bertz CT molecular complexity index is 1070. The average Bonchev–Trinajstić information content (AvgIpc) is 2.46. The van der Waals surface area contributed by atoms with E-state index in [-0.39, 0.29) is 11.1 Å². The Morgan fingerprint density at radius 2 is 1.48 bits per heavy atom. The van der Waals surface area contributed by atoms with E-state index in [0.29, 0.717) is 5.56 Å². The van der Waals surface area contributed by atoms with Gasteiger partial charge >= 0.3 is 10.4 Å². The Morgan fingerprint density at radius 3 is 2.08 bits per heavy atom. The highest BCUT2D eigenvalue weighted by Crippen LogP contribution is 2.46. The summed E-state index contributed by atoms with van der Waals surface area (Å²) in [6, 6.07) is 3.33. The minimum Gasteiger partial charge on any atom is -0.507 e. The van der Waals surface area contributed by atoms with Gasteiger partial charge in [-0.05, 0) is 30.7 Å². The predicted molar refractivity (Wildman–Crippen MR) is 81.7 cm³/mol. The van der Waals surface area contributed by atoms with E-state index in [1.165, 1.54) is 12.1 Å². The van der Waals surface area contributed by atoms with Gasteiger partial charge in [-0.1, -0.05) is 0 Å². The third-order valence-electron chi connectivity index (χ3n) is 3.63. The molecule has 0 fully saturated rings. The van der Waals surface area contributed by atoms with Crippen LogP contribution in [0.5, 0.6) is 23.0 Å². The third-order valence-corrected chi connectivity index (χ3v) is 4.01. The maximum atomic E-state index is 12.6. The molecule has 0 aliphatic heterocycles. The first-order chi connectivity index (χ1) is 11.5. The van der Waals surface area contributed by atoms with Crippen LogP contribution in [0.2, 0.25) is 0 Å². The van der Waals surface area contributed by atoms with E-state index >= 15 is 0 Å². The summed E-state index contributed by atoms with van der Waals surface area (Å²) < 4.78 is 34.4. The number of carbonyl (C=O) groups excluding carboxylic acids is 2. The van der Waals surface area contributed by atoms with E-state index in [2.05, 4.69) is 4.18 Å². The molecular weight excluding hydrogens is 356 g/mol. The smallest absolute Gasteiger partial charge is 0.446 e.